The molecular formula is C15H19N3O. The molecule has 0 atom stereocenters. The van der Waals surface area contributed by atoms with Crippen molar-refractivity contribution < 1.29 is 4.79 Å². The molecule has 19 heavy (non-hydrogen) atoms. The Kier molecular flexibility index (Phi) is 3.03. The SMILES string of the molecule is CC1(C(=O)Nc2ccc3[nH]ccc3c2)CCNCC1. The Labute approximate surface area is 112 Å². The molecule has 1 aromatic carbocycles. The summed E-state index contributed by atoms with van der Waals surface area (Å²) in [6, 6.07) is 7.96. The van der Waals surface area contributed by atoms with Crippen molar-refractivity contribution in [3.63, 3.8) is 0 Å². The highest BCUT2D eigenvalue weighted by Crippen LogP contribution is 2.30. The number of carbonyl (C=O) groups is 1. The lowest BCUT2D eigenvalue weighted by Crippen LogP contribution is -2.42. The van der Waals surface area contributed by atoms with E-state index in [9.17, 15) is 4.79 Å². The Morgan fingerprint density at radius 1 is 1.26 bits per heavy atom. The van der Waals surface area contributed by atoms with Crippen molar-refractivity contribution in [3.05, 3.63) is 30.5 Å². The molecular weight excluding hydrogens is 238 g/mol. The second-order valence-corrected chi connectivity index (χ2v) is 5.54. The van der Waals surface area contributed by atoms with E-state index in [1.54, 1.807) is 0 Å². The molecule has 4 nitrogen and oxygen atoms in total. The van der Waals surface area contributed by atoms with Gasteiger partial charge in [-0.3, -0.25) is 4.79 Å². The second-order valence-electron chi connectivity index (χ2n) is 5.54. The molecule has 0 spiro atoms. The fourth-order valence-electron chi connectivity index (χ4n) is 2.62. The number of hydrogen-bond acceptors (Lipinski definition) is 2. The molecule has 2 aromatic rings. The number of fused-ring (bicyclic) bond motifs is 1. The third-order valence-corrected chi connectivity index (χ3v) is 4.07. The van der Waals surface area contributed by atoms with Gasteiger partial charge in [-0.25, -0.2) is 0 Å². The van der Waals surface area contributed by atoms with Gasteiger partial charge in [0.05, 0.1) is 0 Å². The molecule has 3 N–H and O–H groups in total. The topological polar surface area (TPSA) is 56.9 Å². The van der Waals surface area contributed by atoms with Crippen LogP contribution < -0.4 is 10.6 Å². The molecule has 1 aliphatic heterocycles. The zero-order chi connectivity index (χ0) is 13.3. The Hall–Kier alpha value is -1.81. The van der Waals surface area contributed by atoms with Gasteiger partial charge in [-0.15, -0.1) is 0 Å². The number of benzene rings is 1. The van der Waals surface area contributed by atoms with E-state index in [1.165, 1.54) is 0 Å². The predicted molar refractivity (Wildman–Crippen MR) is 77.1 cm³/mol. The van der Waals surface area contributed by atoms with Crippen LogP contribution in [-0.2, 0) is 4.79 Å². The van der Waals surface area contributed by atoms with Gasteiger partial charge in [0.25, 0.3) is 0 Å². The van der Waals surface area contributed by atoms with Gasteiger partial charge in [-0.2, -0.15) is 0 Å². The molecule has 0 bridgehead atoms. The number of aromatic nitrogens is 1. The van der Waals surface area contributed by atoms with Crippen LogP contribution in [0.3, 0.4) is 0 Å². The summed E-state index contributed by atoms with van der Waals surface area (Å²) in [5.41, 5.74) is 1.71. The maximum Gasteiger partial charge on any atom is 0.230 e. The smallest absolute Gasteiger partial charge is 0.230 e. The summed E-state index contributed by atoms with van der Waals surface area (Å²) in [5, 5.41) is 7.47. The lowest BCUT2D eigenvalue weighted by atomic mass is 9.80. The van der Waals surface area contributed by atoms with Gasteiger partial charge >= 0.3 is 0 Å². The summed E-state index contributed by atoms with van der Waals surface area (Å²) in [5.74, 6) is 0.129. The highest BCUT2D eigenvalue weighted by Gasteiger charge is 2.34. The van der Waals surface area contributed by atoms with Gasteiger partial charge < -0.3 is 15.6 Å². The van der Waals surface area contributed by atoms with Crippen molar-refractivity contribution in [2.45, 2.75) is 19.8 Å². The quantitative estimate of drug-likeness (QED) is 0.774. The van der Waals surface area contributed by atoms with Gasteiger partial charge in [0, 0.05) is 28.2 Å². The highest BCUT2D eigenvalue weighted by molar-refractivity contribution is 5.97. The monoisotopic (exact) mass is 257 g/mol. The minimum atomic E-state index is -0.252. The molecule has 1 fully saturated rings. The molecule has 100 valence electrons. The fourth-order valence-corrected chi connectivity index (χ4v) is 2.62. The third kappa shape index (κ3) is 2.36. The Morgan fingerprint density at radius 3 is 2.84 bits per heavy atom. The van der Waals surface area contributed by atoms with Crippen LogP contribution in [0.25, 0.3) is 10.9 Å². The van der Waals surface area contributed by atoms with Crippen molar-refractivity contribution in [2.75, 3.05) is 18.4 Å². The molecule has 1 saturated heterocycles. The second kappa shape index (κ2) is 4.70. The van der Waals surface area contributed by atoms with Crippen LogP contribution in [0, 0.1) is 5.41 Å². The van der Waals surface area contributed by atoms with Crippen LogP contribution in [0.1, 0.15) is 19.8 Å². The maximum absolute atomic E-state index is 12.4. The van der Waals surface area contributed by atoms with Crippen LogP contribution in [0.2, 0.25) is 0 Å². The summed E-state index contributed by atoms with van der Waals surface area (Å²) < 4.78 is 0. The van der Waals surface area contributed by atoms with Crippen molar-refractivity contribution in [3.8, 4) is 0 Å². The number of piperidine rings is 1. The molecule has 0 radical (unpaired) electrons. The summed E-state index contributed by atoms with van der Waals surface area (Å²) in [4.78, 5) is 15.6. The summed E-state index contributed by atoms with van der Waals surface area (Å²) in [6.45, 7) is 3.89. The number of rotatable bonds is 2. The van der Waals surface area contributed by atoms with Crippen LogP contribution in [0.15, 0.2) is 30.5 Å². The lowest BCUT2D eigenvalue weighted by molar-refractivity contribution is -0.126. The van der Waals surface area contributed by atoms with Crippen molar-refractivity contribution in [1.29, 1.82) is 0 Å². The number of nitrogens with one attached hydrogen (secondary N) is 3. The highest BCUT2D eigenvalue weighted by atomic mass is 16.2. The van der Waals surface area contributed by atoms with Crippen molar-refractivity contribution in [2.24, 2.45) is 5.41 Å². The minimum Gasteiger partial charge on any atom is -0.361 e. The lowest BCUT2D eigenvalue weighted by Gasteiger charge is -2.32. The van der Waals surface area contributed by atoms with Gasteiger partial charge in [0.2, 0.25) is 5.91 Å². The predicted octanol–water partition coefficient (Wildman–Crippen LogP) is 2.50. The standard InChI is InChI=1S/C15H19N3O/c1-15(5-8-16-9-6-15)14(19)18-12-2-3-13-11(10-12)4-7-17-13/h2-4,7,10,16-17H,5-6,8-9H2,1H3,(H,18,19). The average molecular weight is 257 g/mol. The van der Waals surface area contributed by atoms with Gasteiger partial charge in [0.15, 0.2) is 0 Å². The van der Waals surface area contributed by atoms with E-state index in [0.717, 1.165) is 42.5 Å². The van der Waals surface area contributed by atoms with E-state index in [2.05, 4.69) is 22.5 Å². The number of amides is 1. The van der Waals surface area contributed by atoms with E-state index < -0.39 is 0 Å². The first-order valence-corrected chi connectivity index (χ1v) is 6.77. The number of carbonyl (C=O) groups excluding carboxylic acids is 1. The van der Waals surface area contributed by atoms with E-state index in [1.807, 2.05) is 30.5 Å². The van der Waals surface area contributed by atoms with Gasteiger partial charge in [0.1, 0.15) is 0 Å². The molecule has 0 aliphatic carbocycles. The van der Waals surface area contributed by atoms with Gasteiger partial charge in [-0.05, 0) is 50.2 Å². The summed E-state index contributed by atoms with van der Waals surface area (Å²) >= 11 is 0. The summed E-state index contributed by atoms with van der Waals surface area (Å²) in [6.07, 6.45) is 3.70. The van der Waals surface area contributed by atoms with E-state index >= 15 is 0 Å². The van der Waals surface area contributed by atoms with E-state index in [-0.39, 0.29) is 11.3 Å². The zero-order valence-corrected chi connectivity index (χ0v) is 11.1. The molecule has 0 saturated carbocycles. The maximum atomic E-state index is 12.4. The number of H-pyrrole nitrogens is 1. The molecule has 2 heterocycles. The molecule has 0 unspecified atom stereocenters. The van der Waals surface area contributed by atoms with Gasteiger partial charge in [-0.1, -0.05) is 6.92 Å². The van der Waals surface area contributed by atoms with Crippen molar-refractivity contribution >= 4 is 22.5 Å². The van der Waals surface area contributed by atoms with Crippen LogP contribution in [0.4, 0.5) is 5.69 Å². The molecule has 1 amide bonds. The normalized spacial score (nSPS) is 18.4. The average Bonchev–Trinajstić information content (AvgIpc) is 2.87. The largest absolute Gasteiger partial charge is 0.361 e. The van der Waals surface area contributed by atoms with Crippen molar-refractivity contribution in [1.82, 2.24) is 10.3 Å². The first-order chi connectivity index (χ1) is 9.17. The molecule has 1 aliphatic rings. The Bertz CT molecular complexity index is 596. The number of anilines is 1. The summed E-state index contributed by atoms with van der Waals surface area (Å²) in [7, 11) is 0. The number of hydrogen-bond donors (Lipinski definition) is 3. The minimum absolute atomic E-state index is 0.129. The molecule has 1 aromatic heterocycles. The van der Waals surface area contributed by atoms with Crippen LogP contribution in [0.5, 0.6) is 0 Å². The van der Waals surface area contributed by atoms with Crippen LogP contribution >= 0.6 is 0 Å². The third-order valence-electron chi connectivity index (χ3n) is 4.07. The molecule has 3 rings (SSSR count). The van der Waals surface area contributed by atoms with E-state index in [0.29, 0.717) is 0 Å². The first-order valence-electron chi connectivity index (χ1n) is 6.77. The Balaban J connectivity index is 1.78. The number of aromatic amines is 1. The van der Waals surface area contributed by atoms with E-state index in [4.69, 9.17) is 0 Å². The van der Waals surface area contributed by atoms with Crippen LogP contribution in [-0.4, -0.2) is 24.0 Å². The zero-order valence-electron chi connectivity index (χ0n) is 11.1. The first kappa shape index (κ1) is 12.2. The molecule has 4 heteroatoms. The fraction of sp³-hybridized carbons (Fsp3) is 0.400. The Morgan fingerprint density at radius 2 is 2.05 bits per heavy atom.